The van der Waals surface area contributed by atoms with Crippen LogP contribution in [0.15, 0.2) is 63.8 Å². The molecule has 0 aliphatic carbocycles. The Balaban J connectivity index is 1.97. The molecule has 0 atom stereocenters. The number of carbonyl (C=O) groups excluding carboxylic acids is 1. The molecule has 0 unspecified atom stereocenters. The molecule has 0 aliphatic heterocycles. The molecule has 5 heteroatoms. The summed E-state index contributed by atoms with van der Waals surface area (Å²) in [5, 5.41) is 4.98. The molecule has 1 aromatic heterocycles. The summed E-state index contributed by atoms with van der Waals surface area (Å²) < 4.78 is 1.70. The van der Waals surface area contributed by atoms with Gasteiger partial charge >= 0.3 is 0 Å². The summed E-state index contributed by atoms with van der Waals surface area (Å²) in [5.41, 5.74) is 1.30. The van der Waals surface area contributed by atoms with Crippen LogP contribution < -0.4 is 5.32 Å². The molecular weight excluding hydrogens is 396 g/mol. The number of hydrogen-bond acceptors (Lipinski definition) is 2. The molecule has 0 radical (unpaired) electrons. The number of rotatable bonds is 2. The standard InChI is InChI=1S/C16H10Br2N2O/c17-13-6-7-14(12-4-2-1-3-11(12)13)20-16(21)10-5-8-15(18)19-9-10/h1-9H,(H,20,21). The molecule has 3 aromatic rings. The van der Waals surface area contributed by atoms with Gasteiger partial charge in [0, 0.05) is 21.7 Å². The molecule has 1 heterocycles. The lowest BCUT2D eigenvalue weighted by molar-refractivity contribution is 0.102. The van der Waals surface area contributed by atoms with Crippen molar-refractivity contribution in [2.75, 3.05) is 5.32 Å². The Morgan fingerprint density at radius 2 is 1.71 bits per heavy atom. The maximum Gasteiger partial charge on any atom is 0.257 e. The zero-order chi connectivity index (χ0) is 14.8. The highest BCUT2D eigenvalue weighted by Gasteiger charge is 2.09. The van der Waals surface area contributed by atoms with Gasteiger partial charge in [-0.05, 0) is 45.6 Å². The number of aromatic nitrogens is 1. The molecule has 0 saturated heterocycles. The van der Waals surface area contributed by atoms with Crippen molar-refractivity contribution in [1.82, 2.24) is 4.98 Å². The van der Waals surface area contributed by atoms with Crippen molar-refractivity contribution in [3.63, 3.8) is 0 Å². The van der Waals surface area contributed by atoms with Crippen molar-refractivity contribution in [1.29, 1.82) is 0 Å². The van der Waals surface area contributed by atoms with E-state index in [2.05, 4.69) is 42.2 Å². The Morgan fingerprint density at radius 1 is 0.952 bits per heavy atom. The first-order chi connectivity index (χ1) is 10.1. The molecule has 0 spiro atoms. The number of anilines is 1. The molecule has 104 valence electrons. The lowest BCUT2D eigenvalue weighted by Crippen LogP contribution is -2.12. The van der Waals surface area contributed by atoms with Crippen molar-refractivity contribution >= 4 is 54.2 Å². The van der Waals surface area contributed by atoms with Crippen LogP contribution in [0.3, 0.4) is 0 Å². The molecule has 3 nitrogen and oxygen atoms in total. The van der Waals surface area contributed by atoms with E-state index >= 15 is 0 Å². The van der Waals surface area contributed by atoms with Gasteiger partial charge in [-0.2, -0.15) is 0 Å². The van der Waals surface area contributed by atoms with Crippen LogP contribution in [-0.4, -0.2) is 10.9 Å². The third-order valence-corrected chi connectivity index (χ3v) is 4.27. The van der Waals surface area contributed by atoms with Crippen molar-refractivity contribution in [3.05, 3.63) is 69.4 Å². The predicted molar refractivity (Wildman–Crippen MR) is 91.5 cm³/mol. The second kappa shape index (κ2) is 5.95. The van der Waals surface area contributed by atoms with Crippen molar-refractivity contribution in [2.24, 2.45) is 0 Å². The molecule has 1 amide bonds. The molecule has 0 aliphatic rings. The summed E-state index contributed by atoms with van der Waals surface area (Å²) in [6.07, 6.45) is 1.54. The summed E-state index contributed by atoms with van der Waals surface area (Å²) in [4.78, 5) is 16.3. The van der Waals surface area contributed by atoms with Gasteiger partial charge in [-0.15, -0.1) is 0 Å². The maximum atomic E-state index is 12.3. The van der Waals surface area contributed by atoms with Gasteiger partial charge in [-0.1, -0.05) is 40.2 Å². The quantitative estimate of drug-likeness (QED) is 0.608. The van der Waals surface area contributed by atoms with Crippen LogP contribution in [0.4, 0.5) is 5.69 Å². The number of halogens is 2. The fraction of sp³-hybridized carbons (Fsp3) is 0. The van der Waals surface area contributed by atoms with E-state index in [-0.39, 0.29) is 5.91 Å². The van der Waals surface area contributed by atoms with Crippen LogP contribution >= 0.6 is 31.9 Å². The first-order valence-electron chi connectivity index (χ1n) is 6.25. The van der Waals surface area contributed by atoms with Gasteiger partial charge in [0.25, 0.3) is 5.91 Å². The van der Waals surface area contributed by atoms with Crippen LogP contribution in [0.25, 0.3) is 10.8 Å². The number of carbonyl (C=O) groups is 1. The van der Waals surface area contributed by atoms with E-state index in [0.29, 0.717) is 10.2 Å². The highest BCUT2D eigenvalue weighted by atomic mass is 79.9. The fourth-order valence-corrected chi connectivity index (χ4v) is 2.79. The van der Waals surface area contributed by atoms with Gasteiger partial charge in [0.1, 0.15) is 4.60 Å². The number of fused-ring (bicyclic) bond motifs is 1. The second-order valence-electron chi connectivity index (χ2n) is 4.46. The molecule has 2 aromatic carbocycles. The first-order valence-corrected chi connectivity index (χ1v) is 7.84. The minimum absolute atomic E-state index is 0.178. The zero-order valence-electron chi connectivity index (χ0n) is 10.8. The van der Waals surface area contributed by atoms with Crippen molar-refractivity contribution < 1.29 is 4.79 Å². The number of benzene rings is 2. The number of nitrogens with one attached hydrogen (secondary N) is 1. The topological polar surface area (TPSA) is 42.0 Å². The van der Waals surface area contributed by atoms with E-state index in [1.165, 1.54) is 0 Å². The van der Waals surface area contributed by atoms with E-state index in [1.54, 1.807) is 18.3 Å². The van der Waals surface area contributed by atoms with Crippen LogP contribution in [0.5, 0.6) is 0 Å². The Kier molecular flexibility index (Phi) is 4.03. The Labute approximate surface area is 138 Å². The summed E-state index contributed by atoms with van der Waals surface area (Å²) in [7, 11) is 0. The highest BCUT2D eigenvalue weighted by Crippen LogP contribution is 2.30. The maximum absolute atomic E-state index is 12.3. The summed E-state index contributed by atoms with van der Waals surface area (Å²) in [6.45, 7) is 0. The lowest BCUT2D eigenvalue weighted by Gasteiger charge is -2.10. The SMILES string of the molecule is O=C(Nc1ccc(Br)c2ccccc12)c1ccc(Br)nc1. The Hall–Kier alpha value is -1.72. The summed E-state index contributed by atoms with van der Waals surface area (Å²) in [5.74, 6) is -0.178. The van der Waals surface area contributed by atoms with Crippen LogP contribution in [0, 0.1) is 0 Å². The average Bonchev–Trinajstić information content (AvgIpc) is 2.51. The second-order valence-corrected chi connectivity index (χ2v) is 6.13. The van der Waals surface area contributed by atoms with Crippen molar-refractivity contribution in [2.45, 2.75) is 0 Å². The van der Waals surface area contributed by atoms with E-state index in [0.717, 1.165) is 20.9 Å². The minimum atomic E-state index is -0.178. The third-order valence-electron chi connectivity index (χ3n) is 3.11. The molecule has 3 rings (SSSR count). The number of nitrogens with zero attached hydrogens (tertiary/aromatic N) is 1. The molecule has 0 bridgehead atoms. The van der Waals surface area contributed by atoms with Crippen molar-refractivity contribution in [3.8, 4) is 0 Å². The molecule has 0 saturated carbocycles. The molecule has 1 N–H and O–H groups in total. The van der Waals surface area contributed by atoms with E-state index < -0.39 is 0 Å². The molecule has 21 heavy (non-hydrogen) atoms. The predicted octanol–water partition coefficient (Wildman–Crippen LogP) is 5.01. The smallest absolute Gasteiger partial charge is 0.257 e. The molecule has 0 fully saturated rings. The van der Waals surface area contributed by atoms with Crippen LogP contribution in [-0.2, 0) is 0 Å². The van der Waals surface area contributed by atoms with Gasteiger partial charge in [-0.3, -0.25) is 4.79 Å². The Bertz CT molecular complexity index is 816. The normalized spacial score (nSPS) is 10.6. The average molecular weight is 406 g/mol. The van der Waals surface area contributed by atoms with Gasteiger partial charge in [0.15, 0.2) is 0 Å². The number of hydrogen-bond donors (Lipinski definition) is 1. The van der Waals surface area contributed by atoms with Gasteiger partial charge in [0.2, 0.25) is 0 Å². The van der Waals surface area contributed by atoms with Gasteiger partial charge in [-0.25, -0.2) is 4.98 Å². The Morgan fingerprint density at radius 3 is 2.43 bits per heavy atom. The minimum Gasteiger partial charge on any atom is -0.321 e. The highest BCUT2D eigenvalue weighted by molar-refractivity contribution is 9.10. The number of amides is 1. The fourth-order valence-electron chi connectivity index (χ4n) is 2.08. The first kappa shape index (κ1) is 14.2. The largest absolute Gasteiger partial charge is 0.321 e. The summed E-state index contributed by atoms with van der Waals surface area (Å²) >= 11 is 6.78. The van der Waals surface area contributed by atoms with Crippen LogP contribution in [0.2, 0.25) is 0 Å². The lowest BCUT2D eigenvalue weighted by atomic mass is 10.1. The van der Waals surface area contributed by atoms with E-state index in [1.807, 2.05) is 36.4 Å². The van der Waals surface area contributed by atoms with Crippen LogP contribution in [0.1, 0.15) is 10.4 Å². The number of pyridine rings is 1. The van der Waals surface area contributed by atoms with E-state index in [9.17, 15) is 4.79 Å². The zero-order valence-corrected chi connectivity index (χ0v) is 14.0. The summed E-state index contributed by atoms with van der Waals surface area (Å²) in [6, 6.07) is 15.2. The third kappa shape index (κ3) is 2.99. The monoisotopic (exact) mass is 404 g/mol. The van der Waals surface area contributed by atoms with E-state index in [4.69, 9.17) is 0 Å². The molecular formula is C16H10Br2N2O. The van der Waals surface area contributed by atoms with Gasteiger partial charge < -0.3 is 5.32 Å². The van der Waals surface area contributed by atoms with Gasteiger partial charge in [0.05, 0.1) is 5.56 Å².